The molecule has 1 heterocycles. The standard InChI is InChI=1S/C9H7ClN2O2/c1-14-9(13)3-7-2-8(10)6(4-11)5-12-7/h2,5H,3H2,1H3. The molecule has 4 nitrogen and oxygen atoms in total. The molecule has 0 atom stereocenters. The SMILES string of the molecule is COC(=O)Cc1cc(Cl)c(C#N)cn1. The lowest BCUT2D eigenvalue weighted by Crippen LogP contribution is -2.06. The van der Waals surface area contributed by atoms with E-state index < -0.39 is 5.97 Å². The van der Waals surface area contributed by atoms with Crippen molar-refractivity contribution < 1.29 is 9.53 Å². The molecule has 1 aromatic rings. The van der Waals surface area contributed by atoms with Gasteiger partial charge in [-0.2, -0.15) is 5.26 Å². The van der Waals surface area contributed by atoms with E-state index in [2.05, 4.69) is 9.72 Å². The molecule has 1 aromatic heterocycles. The van der Waals surface area contributed by atoms with Gasteiger partial charge < -0.3 is 4.74 Å². The number of hydrogen-bond acceptors (Lipinski definition) is 4. The molecular formula is C9H7ClN2O2. The van der Waals surface area contributed by atoms with E-state index in [0.717, 1.165) is 0 Å². The van der Waals surface area contributed by atoms with Crippen molar-refractivity contribution in [2.24, 2.45) is 0 Å². The number of rotatable bonds is 2. The molecule has 0 saturated heterocycles. The Morgan fingerprint density at radius 3 is 3.00 bits per heavy atom. The molecule has 0 fully saturated rings. The van der Waals surface area contributed by atoms with Crippen LogP contribution in [0.2, 0.25) is 5.02 Å². The van der Waals surface area contributed by atoms with Gasteiger partial charge in [-0.1, -0.05) is 11.6 Å². The Balaban J connectivity index is 2.88. The smallest absolute Gasteiger partial charge is 0.311 e. The number of nitriles is 1. The number of esters is 1. The highest BCUT2D eigenvalue weighted by atomic mass is 35.5. The third-order valence-electron chi connectivity index (χ3n) is 1.58. The number of nitrogens with zero attached hydrogens (tertiary/aromatic N) is 2. The third kappa shape index (κ3) is 2.44. The summed E-state index contributed by atoms with van der Waals surface area (Å²) < 4.78 is 4.46. The molecule has 0 saturated carbocycles. The molecule has 0 spiro atoms. The van der Waals surface area contributed by atoms with Crippen molar-refractivity contribution in [2.45, 2.75) is 6.42 Å². The maximum atomic E-state index is 10.9. The molecule has 0 bridgehead atoms. The predicted molar refractivity (Wildman–Crippen MR) is 49.7 cm³/mol. The third-order valence-corrected chi connectivity index (χ3v) is 1.90. The minimum atomic E-state index is -0.390. The summed E-state index contributed by atoms with van der Waals surface area (Å²) in [6, 6.07) is 3.36. The van der Waals surface area contributed by atoms with Crippen molar-refractivity contribution in [3.8, 4) is 6.07 Å². The Bertz CT molecular complexity index is 398. The van der Waals surface area contributed by atoms with Gasteiger partial charge in [0, 0.05) is 6.20 Å². The fraction of sp³-hybridized carbons (Fsp3) is 0.222. The second-order valence-electron chi connectivity index (χ2n) is 2.52. The van der Waals surface area contributed by atoms with Crippen LogP contribution in [-0.4, -0.2) is 18.1 Å². The molecule has 0 amide bonds. The predicted octanol–water partition coefficient (Wildman–Crippen LogP) is 1.32. The maximum Gasteiger partial charge on any atom is 0.311 e. The molecular weight excluding hydrogens is 204 g/mol. The van der Waals surface area contributed by atoms with Crippen molar-refractivity contribution in [1.82, 2.24) is 4.98 Å². The van der Waals surface area contributed by atoms with Gasteiger partial charge in [-0.05, 0) is 6.07 Å². The van der Waals surface area contributed by atoms with Crippen LogP contribution in [0.15, 0.2) is 12.3 Å². The number of hydrogen-bond donors (Lipinski definition) is 0. The van der Waals surface area contributed by atoms with E-state index in [0.29, 0.717) is 16.3 Å². The Hall–Kier alpha value is -1.60. The first-order chi connectivity index (χ1) is 6.67. The first-order valence-corrected chi connectivity index (χ1v) is 4.16. The normalized spacial score (nSPS) is 9.21. The van der Waals surface area contributed by atoms with Crippen LogP contribution in [0.1, 0.15) is 11.3 Å². The molecule has 72 valence electrons. The topological polar surface area (TPSA) is 63.0 Å². The largest absolute Gasteiger partial charge is 0.469 e. The molecule has 0 aromatic carbocycles. The number of aromatic nitrogens is 1. The average Bonchev–Trinajstić information content (AvgIpc) is 2.18. The number of methoxy groups -OCH3 is 1. The molecule has 14 heavy (non-hydrogen) atoms. The van der Waals surface area contributed by atoms with Gasteiger partial charge in [0.2, 0.25) is 0 Å². The van der Waals surface area contributed by atoms with Crippen LogP contribution in [0.5, 0.6) is 0 Å². The molecule has 0 unspecified atom stereocenters. The second-order valence-corrected chi connectivity index (χ2v) is 2.93. The van der Waals surface area contributed by atoms with Gasteiger partial charge in [0.15, 0.2) is 0 Å². The Labute approximate surface area is 86.1 Å². The molecule has 0 aliphatic heterocycles. The fourth-order valence-electron chi connectivity index (χ4n) is 0.869. The number of halogens is 1. The summed E-state index contributed by atoms with van der Waals surface area (Å²) in [5.41, 5.74) is 0.779. The summed E-state index contributed by atoms with van der Waals surface area (Å²) in [7, 11) is 1.30. The summed E-state index contributed by atoms with van der Waals surface area (Å²) in [6.07, 6.45) is 1.39. The van der Waals surface area contributed by atoms with Gasteiger partial charge in [-0.15, -0.1) is 0 Å². The van der Waals surface area contributed by atoms with Crippen LogP contribution in [0, 0.1) is 11.3 Å². The monoisotopic (exact) mass is 210 g/mol. The first kappa shape index (κ1) is 10.5. The molecule has 0 N–H and O–H groups in total. The summed E-state index contributed by atoms with van der Waals surface area (Å²) in [6.45, 7) is 0. The summed E-state index contributed by atoms with van der Waals surface area (Å²) >= 11 is 5.74. The van der Waals surface area contributed by atoms with E-state index in [4.69, 9.17) is 16.9 Å². The van der Waals surface area contributed by atoms with Gasteiger partial charge in [0.05, 0.1) is 29.8 Å². The molecule has 0 radical (unpaired) electrons. The van der Waals surface area contributed by atoms with Crippen molar-refractivity contribution in [3.63, 3.8) is 0 Å². The molecule has 0 aliphatic carbocycles. The first-order valence-electron chi connectivity index (χ1n) is 3.78. The van der Waals surface area contributed by atoms with Crippen molar-refractivity contribution >= 4 is 17.6 Å². The number of carbonyl (C=O) groups is 1. The quantitative estimate of drug-likeness (QED) is 0.691. The minimum absolute atomic E-state index is 0.0575. The lowest BCUT2D eigenvalue weighted by molar-refractivity contribution is -0.139. The molecule has 5 heteroatoms. The zero-order chi connectivity index (χ0) is 10.6. The van der Waals surface area contributed by atoms with Gasteiger partial charge >= 0.3 is 5.97 Å². The lowest BCUT2D eigenvalue weighted by Gasteiger charge is -2.00. The second kappa shape index (κ2) is 4.58. The van der Waals surface area contributed by atoms with Gasteiger partial charge in [-0.3, -0.25) is 9.78 Å². The highest BCUT2D eigenvalue weighted by molar-refractivity contribution is 6.31. The zero-order valence-electron chi connectivity index (χ0n) is 7.45. The Morgan fingerprint density at radius 1 is 1.79 bits per heavy atom. The summed E-state index contributed by atoms with van der Waals surface area (Å²) in [5.74, 6) is -0.390. The molecule has 0 aliphatic rings. The van der Waals surface area contributed by atoms with Crippen molar-refractivity contribution in [3.05, 3.63) is 28.5 Å². The van der Waals surface area contributed by atoms with Crippen LogP contribution >= 0.6 is 11.6 Å². The van der Waals surface area contributed by atoms with Crippen molar-refractivity contribution in [1.29, 1.82) is 5.26 Å². The van der Waals surface area contributed by atoms with Crippen molar-refractivity contribution in [2.75, 3.05) is 7.11 Å². The number of ether oxygens (including phenoxy) is 1. The number of pyridine rings is 1. The Morgan fingerprint density at radius 2 is 2.50 bits per heavy atom. The van der Waals surface area contributed by atoms with E-state index in [1.807, 2.05) is 6.07 Å². The highest BCUT2D eigenvalue weighted by Gasteiger charge is 2.07. The lowest BCUT2D eigenvalue weighted by atomic mass is 10.2. The maximum absolute atomic E-state index is 10.9. The van der Waals surface area contributed by atoms with Gasteiger partial charge in [0.25, 0.3) is 0 Å². The van der Waals surface area contributed by atoms with Crippen LogP contribution in [0.25, 0.3) is 0 Å². The van der Waals surface area contributed by atoms with E-state index in [9.17, 15) is 4.79 Å². The summed E-state index contributed by atoms with van der Waals surface area (Å²) in [5, 5.41) is 8.86. The minimum Gasteiger partial charge on any atom is -0.469 e. The zero-order valence-corrected chi connectivity index (χ0v) is 8.21. The van der Waals surface area contributed by atoms with Gasteiger partial charge in [-0.25, -0.2) is 0 Å². The fourth-order valence-corrected chi connectivity index (χ4v) is 1.09. The highest BCUT2D eigenvalue weighted by Crippen LogP contribution is 2.15. The van der Waals surface area contributed by atoms with Crippen LogP contribution in [0.4, 0.5) is 0 Å². The average molecular weight is 211 g/mol. The van der Waals surface area contributed by atoms with E-state index in [1.54, 1.807) is 0 Å². The Kier molecular flexibility index (Phi) is 3.43. The van der Waals surface area contributed by atoms with Crippen LogP contribution in [0.3, 0.4) is 0 Å². The number of carbonyl (C=O) groups excluding carboxylic acids is 1. The van der Waals surface area contributed by atoms with Gasteiger partial charge in [0.1, 0.15) is 6.07 Å². The molecule has 1 rings (SSSR count). The van der Waals surface area contributed by atoms with E-state index >= 15 is 0 Å². The van der Waals surface area contributed by atoms with E-state index in [1.165, 1.54) is 19.4 Å². The van der Waals surface area contributed by atoms with Crippen LogP contribution in [-0.2, 0) is 16.0 Å². The van der Waals surface area contributed by atoms with Crippen LogP contribution < -0.4 is 0 Å². The summed E-state index contributed by atoms with van der Waals surface area (Å²) in [4.78, 5) is 14.8. The van der Waals surface area contributed by atoms with E-state index in [-0.39, 0.29) is 6.42 Å².